The fraction of sp³-hybridized carbons (Fsp3) is 1.00. The quantitative estimate of drug-likeness (QED) is 0.620. The van der Waals surface area contributed by atoms with Crippen molar-refractivity contribution in [1.29, 1.82) is 0 Å². The minimum absolute atomic E-state index is 0.976. The van der Waals surface area contributed by atoms with Crippen LogP contribution in [-0.2, 0) is 0 Å². The number of hydrazine groups is 3. The smallest absolute Gasteiger partial charge is 0.0147 e. The molecular formula is C14H30N4. The first kappa shape index (κ1) is 14.3. The number of fused-ring (bicyclic) bond motifs is 13. The van der Waals surface area contributed by atoms with Gasteiger partial charge in [0.1, 0.15) is 0 Å². The summed E-state index contributed by atoms with van der Waals surface area (Å²) in [7, 11) is 0. The minimum atomic E-state index is 0.976. The molecule has 4 nitrogen and oxygen atoms in total. The molecule has 0 spiro atoms. The van der Waals surface area contributed by atoms with Crippen LogP contribution >= 0.6 is 0 Å². The van der Waals surface area contributed by atoms with Gasteiger partial charge in [-0.1, -0.05) is 44.9 Å². The van der Waals surface area contributed by atoms with Crippen molar-refractivity contribution in [3.8, 4) is 0 Å². The van der Waals surface area contributed by atoms with Crippen molar-refractivity contribution in [1.82, 2.24) is 21.5 Å². The van der Waals surface area contributed by atoms with Crippen LogP contribution in [0.1, 0.15) is 64.2 Å². The summed E-state index contributed by atoms with van der Waals surface area (Å²) in [6.45, 7) is 3.42. The molecule has 0 aliphatic carbocycles. The van der Waals surface area contributed by atoms with Gasteiger partial charge in [0.15, 0.2) is 0 Å². The zero-order valence-electron chi connectivity index (χ0n) is 11.7. The van der Waals surface area contributed by atoms with Crippen LogP contribution in [0.4, 0.5) is 0 Å². The lowest BCUT2D eigenvalue weighted by molar-refractivity contribution is 0.0848. The summed E-state index contributed by atoms with van der Waals surface area (Å²) >= 11 is 0. The lowest BCUT2D eigenvalue weighted by Crippen LogP contribution is -2.55. The van der Waals surface area contributed by atoms with Gasteiger partial charge in [-0.05, 0) is 25.2 Å². The Labute approximate surface area is 112 Å². The molecule has 4 heteroatoms. The normalized spacial score (nSPS) is 33.3. The number of nitrogens with zero attached hydrogens (tertiary/aromatic N) is 1. The second-order valence-electron chi connectivity index (χ2n) is 5.86. The van der Waals surface area contributed by atoms with Gasteiger partial charge in [-0.25, -0.2) is 10.4 Å². The van der Waals surface area contributed by atoms with Crippen molar-refractivity contribution in [2.45, 2.75) is 64.2 Å². The zero-order valence-corrected chi connectivity index (χ0v) is 11.7. The molecule has 3 saturated heterocycles. The highest BCUT2D eigenvalue weighted by atomic mass is 15.8. The number of piperidine rings is 1. The Morgan fingerprint density at radius 3 is 2.17 bits per heavy atom. The van der Waals surface area contributed by atoms with Crippen LogP contribution in [0.15, 0.2) is 0 Å². The molecule has 0 aromatic carbocycles. The monoisotopic (exact) mass is 254 g/mol. The van der Waals surface area contributed by atoms with E-state index in [0.29, 0.717) is 0 Å². The fourth-order valence-electron chi connectivity index (χ4n) is 3.04. The minimum Gasteiger partial charge on any atom is -0.243 e. The van der Waals surface area contributed by atoms with E-state index in [1.165, 1.54) is 77.3 Å². The van der Waals surface area contributed by atoms with Crippen LogP contribution in [0.25, 0.3) is 0 Å². The standard InChI is InChI=1S/C14H30N4/c1-2-4-6-8-14-9-12-18(13-10-14)17-16-15-11-7-5-3-1/h14-17H,1-13H2. The van der Waals surface area contributed by atoms with Crippen LogP contribution in [-0.4, -0.2) is 24.6 Å². The van der Waals surface area contributed by atoms with E-state index in [0.717, 1.165) is 12.5 Å². The predicted molar refractivity (Wildman–Crippen MR) is 75.5 cm³/mol. The van der Waals surface area contributed by atoms with Gasteiger partial charge in [0.05, 0.1) is 0 Å². The van der Waals surface area contributed by atoms with Gasteiger partial charge in [0.25, 0.3) is 0 Å². The Kier molecular flexibility index (Phi) is 7.01. The van der Waals surface area contributed by atoms with Crippen molar-refractivity contribution in [3.05, 3.63) is 0 Å². The Morgan fingerprint density at radius 2 is 1.39 bits per heavy atom. The predicted octanol–water partition coefficient (Wildman–Crippen LogP) is 2.35. The number of hydrogen-bond donors (Lipinski definition) is 3. The highest BCUT2D eigenvalue weighted by Gasteiger charge is 2.18. The Balaban J connectivity index is 1.68. The molecule has 18 heavy (non-hydrogen) atoms. The third-order valence-electron chi connectivity index (χ3n) is 4.33. The molecule has 3 aliphatic rings. The summed E-state index contributed by atoms with van der Waals surface area (Å²) in [5.41, 5.74) is 9.63. The molecule has 106 valence electrons. The van der Waals surface area contributed by atoms with Crippen LogP contribution in [0.2, 0.25) is 0 Å². The topological polar surface area (TPSA) is 39.3 Å². The average Bonchev–Trinajstić information content (AvgIpc) is 2.40. The maximum absolute atomic E-state index is 3.26. The van der Waals surface area contributed by atoms with Crippen LogP contribution in [0, 0.1) is 5.92 Å². The van der Waals surface area contributed by atoms with Gasteiger partial charge in [0.2, 0.25) is 0 Å². The van der Waals surface area contributed by atoms with Crippen molar-refractivity contribution in [3.63, 3.8) is 0 Å². The van der Waals surface area contributed by atoms with Crippen molar-refractivity contribution in [2.24, 2.45) is 5.92 Å². The van der Waals surface area contributed by atoms with Gasteiger partial charge in [0, 0.05) is 19.6 Å². The summed E-state index contributed by atoms with van der Waals surface area (Å²) in [6, 6.07) is 0. The van der Waals surface area contributed by atoms with Crippen LogP contribution in [0.5, 0.6) is 0 Å². The molecule has 3 rings (SSSR count). The maximum Gasteiger partial charge on any atom is 0.0147 e. The number of hydrogen-bond acceptors (Lipinski definition) is 4. The molecular weight excluding hydrogens is 224 g/mol. The molecule has 3 fully saturated rings. The molecule has 3 heterocycles. The summed E-state index contributed by atoms with van der Waals surface area (Å²) in [6.07, 6.45) is 14.0. The SMILES string of the molecule is C1CCCCNNNN2CCC(CCCC1)CC2. The van der Waals surface area contributed by atoms with Gasteiger partial charge in [-0.3, -0.25) is 0 Å². The Hall–Kier alpha value is -0.160. The molecule has 2 bridgehead atoms. The number of rotatable bonds is 0. The first-order valence-corrected chi connectivity index (χ1v) is 7.93. The molecule has 0 amide bonds. The number of nitrogens with one attached hydrogen (secondary N) is 3. The summed E-state index contributed by atoms with van der Waals surface area (Å²) in [5.74, 6) is 0.976. The molecule has 3 N–H and O–H groups in total. The summed E-state index contributed by atoms with van der Waals surface area (Å²) in [5, 5.41) is 2.30. The van der Waals surface area contributed by atoms with Crippen LogP contribution < -0.4 is 16.5 Å². The Bertz CT molecular complexity index is 174. The molecule has 0 saturated carbocycles. The van der Waals surface area contributed by atoms with E-state index in [1.807, 2.05) is 0 Å². The third kappa shape index (κ3) is 5.65. The lowest BCUT2D eigenvalue weighted by atomic mass is 9.91. The molecule has 0 aromatic rings. The van der Waals surface area contributed by atoms with Crippen molar-refractivity contribution in [2.75, 3.05) is 19.6 Å². The molecule has 3 aliphatic heterocycles. The van der Waals surface area contributed by atoms with Crippen molar-refractivity contribution < 1.29 is 0 Å². The van der Waals surface area contributed by atoms with Crippen molar-refractivity contribution >= 4 is 0 Å². The van der Waals surface area contributed by atoms with E-state index in [9.17, 15) is 0 Å². The first-order chi connectivity index (χ1) is 8.95. The maximum atomic E-state index is 3.26. The zero-order chi connectivity index (χ0) is 12.5. The van der Waals surface area contributed by atoms with Gasteiger partial charge in [-0.15, -0.1) is 0 Å². The van der Waals surface area contributed by atoms with Gasteiger partial charge >= 0.3 is 0 Å². The third-order valence-corrected chi connectivity index (χ3v) is 4.33. The summed E-state index contributed by atoms with van der Waals surface area (Å²) < 4.78 is 0. The largest absolute Gasteiger partial charge is 0.243 e. The van der Waals surface area contributed by atoms with E-state index in [4.69, 9.17) is 0 Å². The van der Waals surface area contributed by atoms with E-state index >= 15 is 0 Å². The van der Waals surface area contributed by atoms with E-state index < -0.39 is 0 Å². The summed E-state index contributed by atoms with van der Waals surface area (Å²) in [4.78, 5) is 0. The molecule has 0 atom stereocenters. The fourth-order valence-corrected chi connectivity index (χ4v) is 3.04. The highest BCUT2D eigenvalue weighted by Crippen LogP contribution is 2.22. The highest BCUT2D eigenvalue weighted by molar-refractivity contribution is 4.69. The van der Waals surface area contributed by atoms with Gasteiger partial charge in [-0.2, -0.15) is 11.1 Å². The first-order valence-electron chi connectivity index (χ1n) is 7.93. The Morgan fingerprint density at radius 1 is 0.722 bits per heavy atom. The second kappa shape index (κ2) is 8.86. The second-order valence-corrected chi connectivity index (χ2v) is 5.86. The van der Waals surface area contributed by atoms with E-state index in [2.05, 4.69) is 21.5 Å². The van der Waals surface area contributed by atoms with Crippen LogP contribution in [0.3, 0.4) is 0 Å². The molecule has 0 radical (unpaired) electrons. The van der Waals surface area contributed by atoms with E-state index in [-0.39, 0.29) is 0 Å². The van der Waals surface area contributed by atoms with E-state index in [1.54, 1.807) is 0 Å². The lowest BCUT2D eigenvalue weighted by Gasteiger charge is -2.32. The average molecular weight is 254 g/mol. The van der Waals surface area contributed by atoms with Gasteiger partial charge < -0.3 is 0 Å². The molecule has 0 aromatic heterocycles. The molecule has 0 unspecified atom stereocenters.